The Hall–Kier alpha value is -11.3. The third-order valence-corrected chi connectivity index (χ3v) is 22.5. The molecule has 18 rings (SSSR count). The standard InChI is InChI=1S/C98H80N2/c1-95(2,3)67-47-51-75(52-48-67)99(73-43-27-13-28-44-73)77-55-57-79-85(63-77)97(69-35-19-9-20-36-69,70-37-21-10-22-38-70)93-87(65-31-15-7-16-32-65)81-60-62-84-90-82(59-61-83(89(81)90)91(79)93)88(66-33-17-8-18-34-66)94-92(84)80-58-56-78(64-86(80)98(94,71-39-23-11-24-40-71)72-41-25-12-26-42-72)100(74-45-29-14-30-46-74)76-53-49-68(50-54-76)96(4,5)6/h7-53,55,57,59-64,76H,54,56,58H2,1-6H3. The number of nitrogens with zero attached hydrogens (tertiary/aromatic N) is 2. The summed E-state index contributed by atoms with van der Waals surface area (Å²) in [6.07, 6.45) is 12.7. The lowest BCUT2D eigenvalue weighted by atomic mass is 9.63. The Morgan fingerprint density at radius 3 is 1.26 bits per heavy atom. The van der Waals surface area contributed by atoms with E-state index in [2.05, 4.69) is 385 Å². The molecule has 0 spiro atoms. The van der Waals surface area contributed by atoms with Crippen molar-refractivity contribution in [3.63, 3.8) is 0 Å². The zero-order chi connectivity index (χ0) is 67.5. The number of rotatable bonds is 12. The minimum Gasteiger partial charge on any atom is -0.338 e. The van der Waals surface area contributed by atoms with Gasteiger partial charge in [-0.2, -0.15) is 0 Å². The zero-order valence-electron chi connectivity index (χ0n) is 57.8. The van der Waals surface area contributed by atoms with E-state index in [9.17, 15) is 0 Å². The summed E-state index contributed by atoms with van der Waals surface area (Å²) in [5.41, 5.74) is 27.7. The van der Waals surface area contributed by atoms with Crippen LogP contribution in [0, 0.1) is 5.41 Å². The molecule has 0 saturated carbocycles. The molecule has 0 amide bonds. The number of allylic oxidation sites excluding steroid dienone is 6. The SMILES string of the molecule is CC(C)(C)C1=CCC(N(C2=CC3=C(CC2)c2c(c(-c4ccccc4)c4ccc5c6c(c(-c7ccccc7)c7ccc2c4c75)C(c2ccccc2)(c2ccccc2)c2cc(N(c4ccccc4)c4ccc(C(C)(C)C)cc4)ccc2-6)C3(c2ccccc2)c2ccccc2)c2ccccc2)C=C1. The first-order valence-electron chi connectivity index (χ1n) is 35.9. The lowest BCUT2D eigenvalue weighted by Gasteiger charge is -2.40. The fourth-order valence-corrected chi connectivity index (χ4v) is 18.2. The molecular weight excluding hydrogens is 1210 g/mol. The fraction of sp³-hybridized carbons (Fsp3) is 0.143. The Morgan fingerprint density at radius 1 is 0.370 bits per heavy atom. The molecule has 4 aliphatic carbocycles. The quantitative estimate of drug-likeness (QED) is 0.113. The maximum absolute atomic E-state index is 2.68. The average molecular weight is 1290 g/mol. The maximum Gasteiger partial charge on any atom is 0.0720 e. The van der Waals surface area contributed by atoms with Crippen LogP contribution in [0.2, 0.25) is 0 Å². The molecule has 0 aromatic heterocycles. The highest BCUT2D eigenvalue weighted by atomic mass is 15.2. The minimum atomic E-state index is -0.781. The number of anilines is 4. The van der Waals surface area contributed by atoms with Crippen LogP contribution in [0.25, 0.3) is 71.3 Å². The van der Waals surface area contributed by atoms with Gasteiger partial charge < -0.3 is 9.80 Å². The summed E-state index contributed by atoms with van der Waals surface area (Å²) in [6.45, 7) is 13.9. The second-order valence-corrected chi connectivity index (χ2v) is 30.0. The zero-order valence-corrected chi connectivity index (χ0v) is 57.8. The second-order valence-electron chi connectivity index (χ2n) is 30.0. The van der Waals surface area contributed by atoms with Gasteiger partial charge in [-0.25, -0.2) is 0 Å². The lowest BCUT2D eigenvalue weighted by Crippen LogP contribution is -2.36. The molecule has 0 fully saturated rings. The molecule has 100 heavy (non-hydrogen) atoms. The molecule has 1 atom stereocenters. The summed E-state index contributed by atoms with van der Waals surface area (Å²) in [4.78, 5) is 5.14. The van der Waals surface area contributed by atoms with E-state index in [1.807, 2.05) is 0 Å². The summed E-state index contributed by atoms with van der Waals surface area (Å²) in [6, 6.07) is 118. The van der Waals surface area contributed by atoms with Crippen molar-refractivity contribution in [3.8, 4) is 33.4 Å². The Labute approximate surface area is 589 Å². The molecular formula is C98H80N2. The third-order valence-electron chi connectivity index (χ3n) is 22.5. The van der Waals surface area contributed by atoms with Crippen molar-refractivity contribution in [1.29, 1.82) is 0 Å². The van der Waals surface area contributed by atoms with Gasteiger partial charge >= 0.3 is 0 Å². The van der Waals surface area contributed by atoms with Crippen LogP contribution in [0.5, 0.6) is 0 Å². The van der Waals surface area contributed by atoms with Gasteiger partial charge in [-0.05, 0) is 217 Å². The Kier molecular flexibility index (Phi) is 14.5. The first-order valence-corrected chi connectivity index (χ1v) is 35.9. The van der Waals surface area contributed by atoms with Gasteiger partial charge in [-0.1, -0.05) is 321 Å². The number of benzene rings is 14. The minimum absolute atomic E-state index is 0.00381. The predicted molar refractivity (Wildman–Crippen MR) is 423 cm³/mol. The smallest absolute Gasteiger partial charge is 0.0720 e. The molecule has 0 N–H and O–H groups in total. The van der Waals surface area contributed by atoms with Gasteiger partial charge in [-0.3, -0.25) is 0 Å². The van der Waals surface area contributed by atoms with E-state index >= 15 is 0 Å². The first-order chi connectivity index (χ1) is 48.9. The number of hydrogen-bond acceptors (Lipinski definition) is 2. The van der Waals surface area contributed by atoms with Crippen LogP contribution in [-0.4, -0.2) is 6.04 Å². The Morgan fingerprint density at radius 2 is 0.790 bits per heavy atom. The van der Waals surface area contributed by atoms with E-state index in [4.69, 9.17) is 0 Å². The van der Waals surface area contributed by atoms with E-state index in [0.29, 0.717) is 0 Å². The lowest BCUT2D eigenvalue weighted by molar-refractivity contribution is 0.509. The van der Waals surface area contributed by atoms with Crippen molar-refractivity contribution in [2.24, 2.45) is 5.41 Å². The highest BCUT2D eigenvalue weighted by molar-refractivity contribution is 6.34. The van der Waals surface area contributed by atoms with Crippen molar-refractivity contribution in [1.82, 2.24) is 0 Å². The summed E-state index contributed by atoms with van der Waals surface area (Å²) in [5, 5.41) is 7.70. The van der Waals surface area contributed by atoms with E-state index in [-0.39, 0.29) is 16.9 Å². The summed E-state index contributed by atoms with van der Waals surface area (Å²) < 4.78 is 0. The summed E-state index contributed by atoms with van der Waals surface area (Å²) >= 11 is 0. The maximum atomic E-state index is 2.68. The molecule has 0 bridgehead atoms. The number of fused-ring (bicyclic) bond motifs is 7. The van der Waals surface area contributed by atoms with Crippen LogP contribution in [0.15, 0.2) is 351 Å². The molecule has 0 radical (unpaired) electrons. The van der Waals surface area contributed by atoms with Crippen LogP contribution in [0.1, 0.15) is 111 Å². The second kappa shape index (κ2) is 23.7. The first kappa shape index (κ1) is 61.0. The van der Waals surface area contributed by atoms with Crippen molar-refractivity contribution in [2.75, 3.05) is 9.80 Å². The van der Waals surface area contributed by atoms with Gasteiger partial charge in [0.1, 0.15) is 0 Å². The number of hydrogen-bond donors (Lipinski definition) is 0. The van der Waals surface area contributed by atoms with Crippen molar-refractivity contribution >= 4 is 60.6 Å². The van der Waals surface area contributed by atoms with Gasteiger partial charge in [0.2, 0.25) is 0 Å². The molecule has 2 nitrogen and oxygen atoms in total. The van der Waals surface area contributed by atoms with E-state index in [1.54, 1.807) is 0 Å². The monoisotopic (exact) mass is 1280 g/mol. The predicted octanol–water partition coefficient (Wildman–Crippen LogP) is 25.6. The van der Waals surface area contributed by atoms with Crippen LogP contribution >= 0.6 is 0 Å². The normalized spacial score (nSPS) is 15.9. The van der Waals surface area contributed by atoms with Crippen molar-refractivity contribution < 1.29 is 0 Å². The van der Waals surface area contributed by atoms with E-state index in [0.717, 1.165) is 36.3 Å². The van der Waals surface area contributed by atoms with Crippen LogP contribution in [0.4, 0.5) is 22.7 Å². The molecule has 14 aromatic rings. The van der Waals surface area contributed by atoms with Crippen LogP contribution < -0.4 is 9.80 Å². The van der Waals surface area contributed by atoms with Gasteiger partial charge in [-0.15, -0.1) is 0 Å². The highest BCUT2D eigenvalue weighted by Crippen LogP contribution is 2.67. The van der Waals surface area contributed by atoms with Crippen molar-refractivity contribution in [3.05, 3.63) is 401 Å². The van der Waals surface area contributed by atoms with Crippen molar-refractivity contribution in [2.45, 2.75) is 83.1 Å². The highest BCUT2D eigenvalue weighted by Gasteiger charge is 2.53. The molecule has 1 unspecified atom stereocenters. The van der Waals surface area contributed by atoms with Gasteiger partial charge in [0, 0.05) is 28.4 Å². The van der Waals surface area contributed by atoms with E-state index < -0.39 is 10.8 Å². The fourth-order valence-electron chi connectivity index (χ4n) is 18.2. The Balaban J connectivity index is 0.983. The topological polar surface area (TPSA) is 6.48 Å². The molecule has 4 aliphatic rings. The number of para-hydroxylation sites is 2. The summed E-state index contributed by atoms with van der Waals surface area (Å²) in [7, 11) is 0. The molecule has 14 aromatic carbocycles. The average Bonchev–Trinajstić information content (AvgIpc) is 1.46. The third kappa shape index (κ3) is 9.36. The van der Waals surface area contributed by atoms with Gasteiger partial charge in [0.25, 0.3) is 0 Å². The summed E-state index contributed by atoms with van der Waals surface area (Å²) in [5.74, 6) is 0. The molecule has 0 aliphatic heterocycles. The molecule has 0 heterocycles. The molecule has 0 saturated heterocycles. The van der Waals surface area contributed by atoms with E-state index in [1.165, 1.54) is 144 Å². The van der Waals surface area contributed by atoms with Crippen LogP contribution in [-0.2, 0) is 16.2 Å². The van der Waals surface area contributed by atoms with Crippen LogP contribution in [0.3, 0.4) is 0 Å². The molecule has 482 valence electrons. The van der Waals surface area contributed by atoms with Gasteiger partial charge in [0.15, 0.2) is 0 Å². The molecule has 2 heteroatoms. The largest absolute Gasteiger partial charge is 0.338 e. The van der Waals surface area contributed by atoms with Gasteiger partial charge in [0.05, 0.1) is 16.9 Å². The Bertz CT molecular complexity index is 5500.